The van der Waals surface area contributed by atoms with Gasteiger partial charge in [0.1, 0.15) is 5.75 Å². The minimum atomic E-state index is 0.599. The number of benzene rings is 2. The van der Waals surface area contributed by atoms with Crippen LogP contribution in [0.15, 0.2) is 53.8 Å². The Hall–Kier alpha value is -2.62. The summed E-state index contributed by atoms with van der Waals surface area (Å²) < 4.78 is 7.72. The van der Waals surface area contributed by atoms with Gasteiger partial charge < -0.3 is 9.30 Å². The lowest BCUT2D eigenvalue weighted by atomic mass is 9.95. The van der Waals surface area contributed by atoms with E-state index in [1.165, 1.54) is 37.6 Å². The van der Waals surface area contributed by atoms with Crippen LogP contribution in [0.3, 0.4) is 0 Å². The molecular formula is C21H23N3O. The van der Waals surface area contributed by atoms with Crippen molar-refractivity contribution >= 4 is 22.9 Å². The number of nitrogens with zero attached hydrogens (tertiary/aromatic N) is 3. The Balaban J connectivity index is 1.60. The van der Waals surface area contributed by atoms with Crippen LogP contribution in [0.2, 0.25) is 0 Å². The highest BCUT2D eigenvalue weighted by atomic mass is 16.5. The molecule has 0 atom stereocenters. The fourth-order valence-electron chi connectivity index (χ4n) is 3.67. The summed E-state index contributed by atoms with van der Waals surface area (Å²) in [4.78, 5) is 9.21. The Labute approximate surface area is 148 Å². The van der Waals surface area contributed by atoms with E-state index in [1.807, 2.05) is 36.8 Å². The third kappa shape index (κ3) is 3.29. The van der Waals surface area contributed by atoms with Gasteiger partial charge >= 0.3 is 0 Å². The molecule has 0 bridgehead atoms. The first-order valence-corrected chi connectivity index (χ1v) is 8.99. The number of methoxy groups -OCH3 is 1. The van der Waals surface area contributed by atoms with Crippen LogP contribution < -0.4 is 4.74 Å². The number of imidazole rings is 1. The van der Waals surface area contributed by atoms with Crippen LogP contribution in [-0.2, 0) is 0 Å². The molecule has 0 unspecified atom stereocenters. The molecule has 1 saturated carbocycles. The third-order valence-corrected chi connectivity index (χ3v) is 5.02. The van der Waals surface area contributed by atoms with Crippen LogP contribution in [0.4, 0.5) is 5.69 Å². The van der Waals surface area contributed by atoms with Gasteiger partial charge in [0.25, 0.3) is 0 Å². The molecule has 0 N–H and O–H groups in total. The van der Waals surface area contributed by atoms with E-state index in [-0.39, 0.29) is 0 Å². The fraction of sp³-hybridized carbons (Fsp3) is 0.333. The molecule has 0 radical (unpaired) electrons. The van der Waals surface area contributed by atoms with Crippen molar-refractivity contribution in [1.29, 1.82) is 0 Å². The minimum Gasteiger partial charge on any atom is -0.496 e. The molecular weight excluding hydrogens is 310 g/mol. The molecule has 1 aliphatic rings. The van der Waals surface area contributed by atoms with Gasteiger partial charge in [-0.05, 0) is 43.2 Å². The molecule has 0 amide bonds. The molecule has 1 aromatic heterocycles. The molecule has 1 heterocycles. The summed E-state index contributed by atoms with van der Waals surface area (Å²) in [6.45, 7) is 0. The number of hydrogen-bond acceptors (Lipinski definition) is 3. The maximum atomic E-state index is 5.37. The summed E-state index contributed by atoms with van der Waals surface area (Å²) in [5, 5.41) is 0. The lowest BCUT2D eigenvalue weighted by molar-refractivity contribution is 0.359. The quantitative estimate of drug-likeness (QED) is 0.608. The topological polar surface area (TPSA) is 39.4 Å². The maximum Gasteiger partial charge on any atom is 0.127 e. The molecule has 1 aliphatic carbocycles. The van der Waals surface area contributed by atoms with Gasteiger partial charge in [0, 0.05) is 17.8 Å². The average molecular weight is 333 g/mol. The lowest BCUT2D eigenvalue weighted by Crippen LogP contribution is -2.11. The standard InChI is InChI=1S/C21H23N3O/c1-25-21-10-6-5-7-16(21)14-22-17-11-12-20-19(13-17)23-15-24(20)18-8-3-2-4-9-18/h5-7,10-15,18H,2-4,8-9H2,1H3. The third-order valence-electron chi connectivity index (χ3n) is 5.02. The van der Waals surface area contributed by atoms with E-state index in [4.69, 9.17) is 4.74 Å². The van der Waals surface area contributed by atoms with Gasteiger partial charge in [-0.15, -0.1) is 0 Å². The molecule has 0 aliphatic heterocycles. The second-order valence-corrected chi connectivity index (χ2v) is 6.62. The highest BCUT2D eigenvalue weighted by Gasteiger charge is 2.17. The molecule has 3 aromatic rings. The molecule has 2 aromatic carbocycles. The first-order chi connectivity index (χ1) is 12.3. The maximum absolute atomic E-state index is 5.37. The van der Waals surface area contributed by atoms with Gasteiger partial charge in [-0.25, -0.2) is 4.98 Å². The number of fused-ring (bicyclic) bond motifs is 1. The highest BCUT2D eigenvalue weighted by Crippen LogP contribution is 2.31. The predicted molar refractivity (Wildman–Crippen MR) is 102 cm³/mol. The number of hydrogen-bond donors (Lipinski definition) is 0. The number of aliphatic imine (C=N–C) groups is 1. The van der Waals surface area contributed by atoms with E-state index in [1.54, 1.807) is 7.11 Å². The Bertz CT molecular complexity index is 891. The van der Waals surface area contributed by atoms with E-state index in [9.17, 15) is 0 Å². The molecule has 0 saturated heterocycles. The zero-order valence-electron chi connectivity index (χ0n) is 14.6. The van der Waals surface area contributed by atoms with Gasteiger partial charge in [0.05, 0.1) is 30.2 Å². The van der Waals surface area contributed by atoms with Crippen LogP contribution in [0.5, 0.6) is 5.75 Å². The van der Waals surface area contributed by atoms with Crippen molar-refractivity contribution in [2.75, 3.05) is 7.11 Å². The van der Waals surface area contributed by atoms with Gasteiger partial charge in [-0.3, -0.25) is 4.99 Å². The zero-order chi connectivity index (χ0) is 17.1. The van der Waals surface area contributed by atoms with Crippen molar-refractivity contribution in [2.45, 2.75) is 38.1 Å². The second-order valence-electron chi connectivity index (χ2n) is 6.62. The van der Waals surface area contributed by atoms with Crippen molar-refractivity contribution < 1.29 is 4.74 Å². The zero-order valence-corrected chi connectivity index (χ0v) is 14.6. The normalized spacial score (nSPS) is 15.9. The van der Waals surface area contributed by atoms with Gasteiger partial charge in [-0.2, -0.15) is 0 Å². The molecule has 1 fully saturated rings. The van der Waals surface area contributed by atoms with Gasteiger partial charge in [0.15, 0.2) is 0 Å². The molecule has 128 valence electrons. The van der Waals surface area contributed by atoms with Crippen LogP contribution in [0, 0.1) is 0 Å². The highest BCUT2D eigenvalue weighted by molar-refractivity contribution is 5.87. The molecule has 25 heavy (non-hydrogen) atoms. The first kappa shape index (κ1) is 15.9. The molecule has 0 spiro atoms. The molecule has 4 nitrogen and oxygen atoms in total. The average Bonchev–Trinajstić information content (AvgIpc) is 3.10. The predicted octanol–water partition coefficient (Wildman–Crippen LogP) is 5.30. The van der Waals surface area contributed by atoms with Gasteiger partial charge in [-0.1, -0.05) is 31.4 Å². The Kier molecular flexibility index (Phi) is 4.51. The van der Waals surface area contributed by atoms with Crippen molar-refractivity contribution in [3.05, 3.63) is 54.4 Å². The summed E-state index contributed by atoms with van der Waals surface area (Å²) in [7, 11) is 1.68. The van der Waals surface area contributed by atoms with E-state index in [0.29, 0.717) is 6.04 Å². The number of ether oxygens (including phenoxy) is 1. The second kappa shape index (κ2) is 7.09. The first-order valence-electron chi connectivity index (χ1n) is 8.99. The van der Waals surface area contributed by atoms with Crippen LogP contribution in [-0.4, -0.2) is 22.9 Å². The van der Waals surface area contributed by atoms with Gasteiger partial charge in [0.2, 0.25) is 0 Å². The van der Waals surface area contributed by atoms with E-state index in [2.05, 4.69) is 32.7 Å². The number of rotatable bonds is 4. The fourth-order valence-corrected chi connectivity index (χ4v) is 3.67. The summed E-state index contributed by atoms with van der Waals surface area (Å²) in [5.74, 6) is 0.828. The number of aromatic nitrogens is 2. The smallest absolute Gasteiger partial charge is 0.127 e. The Morgan fingerprint density at radius 1 is 1.12 bits per heavy atom. The monoisotopic (exact) mass is 333 g/mol. The van der Waals surface area contributed by atoms with Crippen molar-refractivity contribution in [2.24, 2.45) is 4.99 Å². The summed E-state index contributed by atoms with van der Waals surface area (Å²) in [6.07, 6.45) is 10.4. The van der Waals surface area contributed by atoms with E-state index < -0.39 is 0 Å². The molecule has 4 heteroatoms. The number of para-hydroxylation sites is 1. The Morgan fingerprint density at radius 2 is 1.96 bits per heavy atom. The molecule has 4 rings (SSSR count). The Morgan fingerprint density at radius 3 is 2.80 bits per heavy atom. The largest absolute Gasteiger partial charge is 0.496 e. The lowest BCUT2D eigenvalue weighted by Gasteiger charge is -2.23. The minimum absolute atomic E-state index is 0.599. The van der Waals surface area contributed by atoms with E-state index in [0.717, 1.165) is 22.5 Å². The van der Waals surface area contributed by atoms with Crippen LogP contribution >= 0.6 is 0 Å². The van der Waals surface area contributed by atoms with Crippen LogP contribution in [0.1, 0.15) is 43.7 Å². The van der Waals surface area contributed by atoms with Crippen molar-refractivity contribution in [3.8, 4) is 5.75 Å². The van der Waals surface area contributed by atoms with E-state index >= 15 is 0 Å². The van der Waals surface area contributed by atoms with Crippen molar-refractivity contribution in [3.63, 3.8) is 0 Å². The summed E-state index contributed by atoms with van der Waals surface area (Å²) in [5.41, 5.74) is 4.11. The SMILES string of the molecule is COc1ccccc1C=Nc1ccc2c(c1)ncn2C1CCCCC1. The summed E-state index contributed by atoms with van der Waals surface area (Å²) >= 11 is 0. The van der Waals surface area contributed by atoms with Crippen LogP contribution in [0.25, 0.3) is 11.0 Å². The summed E-state index contributed by atoms with van der Waals surface area (Å²) in [6, 6.07) is 14.7. The van der Waals surface area contributed by atoms with Crippen molar-refractivity contribution in [1.82, 2.24) is 9.55 Å².